The number of anilines is 1. The summed E-state index contributed by atoms with van der Waals surface area (Å²) in [7, 11) is 1.54. The summed E-state index contributed by atoms with van der Waals surface area (Å²) in [6.45, 7) is 4.17. The summed E-state index contributed by atoms with van der Waals surface area (Å²) in [6.07, 6.45) is 3.58. The van der Waals surface area contributed by atoms with Gasteiger partial charge in [-0.3, -0.25) is 9.69 Å². The maximum atomic E-state index is 15.1. The number of likely N-dealkylation sites (tertiary alicyclic amines) is 1. The summed E-state index contributed by atoms with van der Waals surface area (Å²) in [5.74, 6) is -0.705. The van der Waals surface area contributed by atoms with Crippen molar-refractivity contribution in [3.63, 3.8) is 0 Å². The molecule has 3 aromatic rings. The third-order valence-electron chi connectivity index (χ3n) is 9.61. The number of ether oxygens (including phenoxy) is 3. The molecule has 2 saturated heterocycles. The van der Waals surface area contributed by atoms with Gasteiger partial charge in [0.1, 0.15) is 16.4 Å². The zero-order valence-electron chi connectivity index (χ0n) is 27.9. The monoisotopic (exact) mass is 689 g/mol. The summed E-state index contributed by atoms with van der Waals surface area (Å²) in [5, 5.41) is 12.8. The number of fused-ring (bicyclic) bond motifs is 1. The predicted molar refractivity (Wildman–Crippen MR) is 179 cm³/mol. The molecule has 3 aliphatic rings. The molecule has 1 aromatic heterocycles. The highest BCUT2D eigenvalue weighted by Crippen LogP contribution is 2.50. The molecular formula is C34H39N7O7S. The lowest BCUT2D eigenvalue weighted by Crippen LogP contribution is -2.61. The van der Waals surface area contributed by atoms with E-state index in [4.69, 9.17) is 14.2 Å². The number of nitrogens with one attached hydrogen (secondary N) is 1. The van der Waals surface area contributed by atoms with Crippen LogP contribution in [-0.4, -0.2) is 114 Å². The molecule has 0 spiro atoms. The zero-order valence-corrected chi connectivity index (χ0v) is 28.7. The number of amides is 3. The van der Waals surface area contributed by atoms with E-state index in [1.807, 2.05) is 0 Å². The first-order chi connectivity index (χ1) is 23.6. The number of piperazine rings is 1. The number of benzene rings is 2. The Kier molecular flexibility index (Phi) is 9.39. The van der Waals surface area contributed by atoms with Gasteiger partial charge in [-0.2, -0.15) is 9.57 Å². The minimum atomic E-state index is -4.69. The molecule has 3 amide bonds. The van der Waals surface area contributed by atoms with Gasteiger partial charge in [-0.1, -0.05) is 0 Å². The van der Waals surface area contributed by atoms with E-state index in [2.05, 4.69) is 33.2 Å². The lowest BCUT2D eigenvalue weighted by molar-refractivity contribution is -0.121. The largest absolute Gasteiger partial charge is 0.497 e. The molecule has 15 heteroatoms. The minimum Gasteiger partial charge on any atom is -0.497 e. The molecule has 14 nitrogen and oxygen atoms in total. The molecular weight excluding hydrogens is 650 g/mol. The SMILES string of the molecule is COc1ccc(S(=O)(=O)N2C(=O)[C@@](NC(=O)N3CCN(C4CCN(C)CC4)CC3)(c3cccnc3OC)c3cc(C#N)ccc32)c(OC)c1. The minimum absolute atomic E-state index is 0.00202. The first kappa shape index (κ1) is 34.0. The maximum Gasteiger partial charge on any atom is 0.318 e. The molecule has 1 atom stereocenters. The number of piperidine rings is 1. The number of pyridine rings is 1. The Hall–Kier alpha value is -4.91. The van der Waals surface area contributed by atoms with E-state index >= 15 is 4.79 Å². The zero-order chi connectivity index (χ0) is 34.9. The summed E-state index contributed by atoms with van der Waals surface area (Å²) in [6, 6.07) is 13.4. The average Bonchev–Trinajstić information content (AvgIpc) is 3.38. The molecule has 0 aliphatic carbocycles. The van der Waals surface area contributed by atoms with Crippen molar-refractivity contribution in [1.29, 1.82) is 5.26 Å². The van der Waals surface area contributed by atoms with Crippen LogP contribution in [0.15, 0.2) is 59.6 Å². The highest BCUT2D eigenvalue weighted by atomic mass is 32.2. The highest BCUT2D eigenvalue weighted by molar-refractivity contribution is 7.93. The van der Waals surface area contributed by atoms with Crippen LogP contribution in [0.1, 0.15) is 29.5 Å². The highest BCUT2D eigenvalue weighted by Gasteiger charge is 2.59. The lowest BCUT2D eigenvalue weighted by atomic mass is 9.83. The number of sulfonamides is 1. The number of hydrogen-bond donors (Lipinski definition) is 1. The van der Waals surface area contributed by atoms with Gasteiger partial charge in [-0.05, 0) is 75.4 Å². The van der Waals surface area contributed by atoms with Crippen molar-refractivity contribution in [3.8, 4) is 23.4 Å². The summed E-state index contributed by atoms with van der Waals surface area (Å²) >= 11 is 0. The fourth-order valence-electron chi connectivity index (χ4n) is 6.96. The Labute approximate surface area is 285 Å². The second-order valence-electron chi connectivity index (χ2n) is 12.2. The fourth-order valence-corrected chi connectivity index (χ4v) is 8.57. The van der Waals surface area contributed by atoms with E-state index in [0.717, 1.165) is 25.9 Å². The van der Waals surface area contributed by atoms with Gasteiger partial charge in [0.25, 0.3) is 15.9 Å². The van der Waals surface area contributed by atoms with Gasteiger partial charge in [-0.25, -0.2) is 18.2 Å². The van der Waals surface area contributed by atoms with Gasteiger partial charge in [0.05, 0.1) is 44.2 Å². The van der Waals surface area contributed by atoms with Crippen molar-refractivity contribution >= 4 is 27.6 Å². The number of nitriles is 1. The lowest BCUT2D eigenvalue weighted by Gasteiger charge is -2.43. The average molecular weight is 690 g/mol. The summed E-state index contributed by atoms with van der Waals surface area (Å²) < 4.78 is 46.0. The number of methoxy groups -OCH3 is 3. The van der Waals surface area contributed by atoms with E-state index in [1.165, 1.54) is 63.9 Å². The fraction of sp³-hybridized carbons (Fsp3) is 0.412. The second kappa shape index (κ2) is 13.5. The van der Waals surface area contributed by atoms with E-state index in [1.54, 1.807) is 17.0 Å². The molecule has 0 saturated carbocycles. The molecule has 6 rings (SSSR count). The van der Waals surface area contributed by atoms with Crippen LogP contribution < -0.4 is 23.8 Å². The summed E-state index contributed by atoms with van der Waals surface area (Å²) in [4.78, 5) is 39.7. The van der Waals surface area contributed by atoms with Crippen LogP contribution in [0.2, 0.25) is 0 Å². The van der Waals surface area contributed by atoms with E-state index in [-0.39, 0.29) is 38.9 Å². The van der Waals surface area contributed by atoms with Crippen LogP contribution in [0.4, 0.5) is 10.5 Å². The van der Waals surface area contributed by atoms with E-state index < -0.39 is 27.5 Å². The third kappa shape index (κ3) is 5.90. The van der Waals surface area contributed by atoms with Gasteiger partial charge in [0, 0.05) is 50.0 Å². The number of hydrogen-bond acceptors (Lipinski definition) is 11. The molecule has 4 heterocycles. The molecule has 2 aromatic carbocycles. The van der Waals surface area contributed by atoms with Gasteiger partial charge < -0.3 is 29.3 Å². The normalized spacial score (nSPS) is 20.4. The van der Waals surface area contributed by atoms with E-state index in [9.17, 15) is 18.5 Å². The van der Waals surface area contributed by atoms with Gasteiger partial charge in [0.2, 0.25) is 5.88 Å². The van der Waals surface area contributed by atoms with Gasteiger partial charge in [0.15, 0.2) is 5.54 Å². The van der Waals surface area contributed by atoms with Crippen LogP contribution >= 0.6 is 0 Å². The van der Waals surface area contributed by atoms with E-state index in [0.29, 0.717) is 42.3 Å². The molecule has 49 heavy (non-hydrogen) atoms. The van der Waals surface area contributed by atoms with Crippen LogP contribution in [0.3, 0.4) is 0 Å². The van der Waals surface area contributed by atoms with Crippen molar-refractivity contribution < 1.29 is 32.2 Å². The van der Waals surface area contributed by atoms with Crippen LogP contribution in [-0.2, 0) is 20.4 Å². The molecule has 258 valence electrons. The molecule has 0 unspecified atom stereocenters. The number of rotatable bonds is 8. The second-order valence-corrected chi connectivity index (χ2v) is 14.0. The number of aromatic nitrogens is 1. The van der Waals surface area contributed by atoms with Crippen molar-refractivity contribution in [2.24, 2.45) is 0 Å². The Morgan fingerprint density at radius 1 is 0.959 bits per heavy atom. The number of nitrogens with zero attached hydrogens (tertiary/aromatic N) is 6. The number of carbonyl (C=O) groups is 2. The smallest absolute Gasteiger partial charge is 0.318 e. The standard InChI is InChI=1S/C34H39N7O7S/c1-38-14-11-24(12-15-38)39-16-18-40(19-17-39)33(43)37-34(26-6-5-13-36-31(26)48-4)27-20-23(22-35)7-9-28(27)41(32(34)42)49(44,45)30-10-8-25(46-2)21-29(30)47-3/h5-10,13,20-21,24H,11-12,14-19H2,1-4H3,(H,37,43)/t34-/m1/s1. The first-order valence-electron chi connectivity index (χ1n) is 15.9. The molecule has 1 N–H and O–H groups in total. The van der Waals surface area contributed by atoms with Crippen molar-refractivity contribution in [2.45, 2.75) is 29.3 Å². The Bertz CT molecular complexity index is 1900. The van der Waals surface area contributed by atoms with Crippen LogP contribution in [0.5, 0.6) is 17.4 Å². The van der Waals surface area contributed by atoms with Crippen molar-refractivity contribution in [3.05, 3.63) is 71.4 Å². The quantitative estimate of drug-likeness (QED) is 0.370. The first-order valence-corrected chi connectivity index (χ1v) is 17.4. The predicted octanol–water partition coefficient (Wildman–Crippen LogP) is 2.38. The van der Waals surface area contributed by atoms with Gasteiger partial charge in [-0.15, -0.1) is 0 Å². The Morgan fingerprint density at radius 3 is 2.35 bits per heavy atom. The maximum absolute atomic E-state index is 15.1. The van der Waals surface area contributed by atoms with Crippen molar-refractivity contribution in [1.82, 2.24) is 25.0 Å². The molecule has 2 fully saturated rings. The Morgan fingerprint density at radius 2 is 1.69 bits per heavy atom. The molecule has 3 aliphatic heterocycles. The topological polar surface area (TPSA) is 158 Å². The Balaban J connectivity index is 1.44. The molecule has 0 radical (unpaired) electrons. The third-order valence-corrected chi connectivity index (χ3v) is 11.3. The van der Waals surface area contributed by atoms with Gasteiger partial charge >= 0.3 is 6.03 Å². The van der Waals surface area contributed by atoms with Crippen LogP contribution in [0.25, 0.3) is 0 Å². The molecule has 0 bridgehead atoms. The number of urea groups is 1. The summed E-state index contributed by atoms with van der Waals surface area (Å²) in [5.41, 5.74) is -1.84. The van der Waals surface area contributed by atoms with Crippen LogP contribution in [0, 0.1) is 11.3 Å². The number of carbonyl (C=O) groups excluding carboxylic acids is 2. The van der Waals surface area contributed by atoms with Crippen molar-refractivity contribution in [2.75, 3.05) is 72.0 Å².